The third-order valence-electron chi connectivity index (χ3n) is 3.72. The molecule has 1 saturated heterocycles. The van der Waals surface area contributed by atoms with E-state index in [9.17, 15) is 4.79 Å². The molecule has 1 aliphatic rings. The summed E-state index contributed by atoms with van der Waals surface area (Å²) in [5, 5.41) is 5.26. The highest BCUT2D eigenvalue weighted by atomic mass is 32.1. The van der Waals surface area contributed by atoms with E-state index in [0.29, 0.717) is 11.6 Å². The molecule has 1 amide bonds. The first kappa shape index (κ1) is 14.2. The summed E-state index contributed by atoms with van der Waals surface area (Å²) < 4.78 is 0. The molecule has 1 atom stereocenters. The number of nitrogens with zero attached hydrogens (tertiary/aromatic N) is 2. The number of primary amides is 1. The van der Waals surface area contributed by atoms with Gasteiger partial charge in [0.2, 0.25) is 5.91 Å². The lowest BCUT2D eigenvalue weighted by Gasteiger charge is -2.36. The first-order chi connectivity index (χ1) is 10.2. The van der Waals surface area contributed by atoms with Gasteiger partial charge in [0.15, 0.2) is 0 Å². The van der Waals surface area contributed by atoms with Gasteiger partial charge in [-0.05, 0) is 17.7 Å². The Hall–Kier alpha value is -1.76. The molecule has 21 heavy (non-hydrogen) atoms. The zero-order chi connectivity index (χ0) is 14.7. The number of rotatable bonds is 4. The van der Waals surface area contributed by atoms with Crippen molar-refractivity contribution in [2.75, 3.05) is 19.6 Å². The van der Waals surface area contributed by atoms with Crippen molar-refractivity contribution in [2.45, 2.75) is 12.6 Å². The Morgan fingerprint density at radius 3 is 3.19 bits per heavy atom. The average molecular weight is 302 g/mol. The van der Waals surface area contributed by atoms with Crippen LogP contribution in [0, 0.1) is 0 Å². The fraction of sp³-hybridized carbons (Fsp3) is 0.333. The summed E-state index contributed by atoms with van der Waals surface area (Å²) in [6.07, 6.45) is 3.72. The van der Waals surface area contributed by atoms with E-state index in [1.165, 1.54) is 10.4 Å². The van der Waals surface area contributed by atoms with Gasteiger partial charge in [-0.25, -0.2) is 0 Å². The molecule has 2 aromatic heterocycles. The van der Waals surface area contributed by atoms with Crippen LogP contribution in [0.15, 0.2) is 36.0 Å². The van der Waals surface area contributed by atoms with Crippen molar-refractivity contribution in [1.29, 1.82) is 0 Å². The van der Waals surface area contributed by atoms with Gasteiger partial charge in [-0.2, -0.15) is 0 Å². The van der Waals surface area contributed by atoms with Crippen LogP contribution in [-0.2, 0) is 6.54 Å². The lowest BCUT2D eigenvalue weighted by Crippen LogP contribution is -2.45. The molecule has 6 heteroatoms. The van der Waals surface area contributed by atoms with Gasteiger partial charge < -0.3 is 11.1 Å². The van der Waals surface area contributed by atoms with Crippen LogP contribution in [0.25, 0.3) is 0 Å². The van der Waals surface area contributed by atoms with Gasteiger partial charge in [-0.3, -0.25) is 14.7 Å². The second-order valence-electron chi connectivity index (χ2n) is 5.14. The van der Waals surface area contributed by atoms with E-state index in [2.05, 4.69) is 21.3 Å². The molecule has 0 saturated carbocycles. The summed E-state index contributed by atoms with van der Waals surface area (Å²) >= 11 is 1.59. The van der Waals surface area contributed by atoms with E-state index in [1.54, 1.807) is 17.5 Å². The van der Waals surface area contributed by atoms with E-state index < -0.39 is 0 Å². The van der Waals surface area contributed by atoms with Gasteiger partial charge >= 0.3 is 0 Å². The summed E-state index contributed by atoms with van der Waals surface area (Å²) in [7, 11) is 0. The Labute approximate surface area is 127 Å². The van der Waals surface area contributed by atoms with Crippen molar-refractivity contribution in [3.63, 3.8) is 0 Å². The van der Waals surface area contributed by atoms with Gasteiger partial charge in [0, 0.05) is 54.9 Å². The number of carbonyl (C=O) groups excluding carboxylic acids is 1. The first-order valence-electron chi connectivity index (χ1n) is 6.96. The van der Waals surface area contributed by atoms with Crippen molar-refractivity contribution < 1.29 is 4.79 Å². The second-order valence-corrected chi connectivity index (χ2v) is 6.14. The zero-order valence-electron chi connectivity index (χ0n) is 11.7. The predicted octanol–water partition coefficient (Wildman–Crippen LogP) is 1.39. The van der Waals surface area contributed by atoms with Crippen LogP contribution in [-0.4, -0.2) is 35.4 Å². The second kappa shape index (κ2) is 6.34. The average Bonchev–Trinajstić information content (AvgIpc) is 2.98. The molecule has 0 spiro atoms. The van der Waals surface area contributed by atoms with Crippen LogP contribution < -0.4 is 11.1 Å². The minimum absolute atomic E-state index is 0.312. The molecule has 1 unspecified atom stereocenters. The van der Waals surface area contributed by atoms with Crippen molar-refractivity contribution in [3.05, 3.63) is 52.0 Å². The fourth-order valence-corrected chi connectivity index (χ4v) is 3.53. The Kier molecular flexibility index (Phi) is 4.28. The molecular weight excluding hydrogens is 284 g/mol. The predicted molar refractivity (Wildman–Crippen MR) is 83.1 cm³/mol. The number of thiophene rings is 1. The van der Waals surface area contributed by atoms with E-state index in [4.69, 9.17) is 5.73 Å². The van der Waals surface area contributed by atoms with Gasteiger partial charge in [0.25, 0.3) is 0 Å². The molecule has 0 bridgehead atoms. The molecule has 3 N–H and O–H groups in total. The highest BCUT2D eigenvalue weighted by Gasteiger charge is 2.24. The standard InChI is InChI=1S/C15H18N4OS/c16-15(20)12-6-13(21-10-12)9-19-5-4-18-8-14(19)11-2-1-3-17-7-11/h1-3,6-7,10,14,18H,4-5,8-9H2,(H2,16,20). The normalized spacial score (nSPS) is 19.5. The molecule has 3 rings (SSSR count). The molecule has 5 nitrogen and oxygen atoms in total. The molecule has 3 heterocycles. The van der Waals surface area contributed by atoms with Gasteiger partial charge in [-0.15, -0.1) is 11.3 Å². The third-order valence-corrected chi connectivity index (χ3v) is 4.64. The SMILES string of the molecule is NC(=O)c1csc(CN2CCNCC2c2cccnc2)c1. The molecule has 1 fully saturated rings. The molecule has 0 aromatic carbocycles. The van der Waals surface area contributed by atoms with Crippen LogP contribution in [0.3, 0.4) is 0 Å². The Balaban J connectivity index is 1.76. The minimum Gasteiger partial charge on any atom is -0.366 e. The summed E-state index contributed by atoms with van der Waals surface area (Å²) in [4.78, 5) is 19.0. The summed E-state index contributed by atoms with van der Waals surface area (Å²) in [6, 6.07) is 6.29. The lowest BCUT2D eigenvalue weighted by molar-refractivity contribution is 0.100. The Bertz CT molecular complexity index is 613. The maximum atomic E-state index is 11.2. The number of nitrogens with two attached hydrogens (primary N) is 1. The van der Waals surface area contributed by atoms with Gasteiger partial charge in [0.05, 0.1) is 5.56 Å². The number of piperazine rings is 1. The molecule has 110 valence electrons. The summed E-state index contributed by atoms with van der Waals surface area (Å²) in [5.74, 6) is -0.360. The number of hydrogen-bond acceptors (Lipinski definition) is 5. The van der Waals surface area contributed by atoms with Crippen LogP contribution in [0.5, 0.6) is 0 Å². The fourth-order valence-electron chi connectivity index (χ4n) is 2.63. The van der Waals surface area contributed by atoms with E-state index in [-0.39, 0.29) is 5.91 Å². The molecule has 1 aliphatic heterocycles. The highest BCUT2D eigenvalue weighted by Crippen LogP contribution is 2.25. The number of pyridine rings is 1. The van der Waals surface area contributed by atoms with Gasteiger partial charge in [0.1, 0.15) is 0 Å². The number of carbonyl (C=O) groups is 1. The quantitative estimate of drug-likeness (QED) is 0.895. The summed E-state index contributed by atoms with van der Waals surface area (Å²) in [5.41, 5.74) is 7.13. The zero-order valence-corrected chi connectivity index (χ0v) is 12.5. The van der Waals surface area contributed by atoms with Crippen LogP contribution in [0.2, 0.25) is 0 Å². The van der Waals surface area contributed by atoms with Crippen molar-refractivity contribution in [3.8, 4) is 0 Å². The van der Waals surface area contributed by atoms with E-state index >= 15 is 0 Å². The van der Waals surface area contributed by atoms with E-state index in [0.717, 1.165) is 26.2 Å². The number of aromatic nitrogens is 1. The topological polar surface area (TPSA) is 71.2 Å². The van der Waals surface area contributed by atoms with Crippen molar-refractivity contribution in [2.24, 2.45) is 5.73 Å². The molecule has 0 aliphatic carbocycles. The van der Waals surface area contributed by atoms with Crippen LogP contribution in [0.4, 0.5) is 0 Å². The van der Waals surface area contributed by atoms with Crippen LogP contribution in [0.1, 0.15) is 26.8 Å². The first-order valence-corrected chi connectivity index (χ1v) is 7.84. The minimum atomic E-state index is -0.360. The van der Waals surface area contributed by atoms with Crippen LogP contribution >= 0.6 is 11.3 Å². The monoisotopic (exact) mass is 302 g/mol. The lowest BCUT2D eigenvalue weighted by atomic mass is 10.1. The summed E-state index contributed by atoms with van der Waals surface area (Å²) in [6.45, 7) is 3.70. The maximum absolute atomic E-state index is 11.2. The molecular formula is C15H18N4OS. The number of amides is 1. The van der Waals surface area contributed by atoms with Crippen molar-refractivity contribution in [1.82, 2.24) is 15.2 Å². The smallest absolute Gasteiger partial charge is 0.249 e. The Morgan fingerprint density at radius 2 is 2.48 bits per heavy atom. The highest BCUT2D eigenvalue weighted by molar-refractivity contribution is 7.10. The maximum Gasteiger partial charge on any atom is 0.249 e. The molecule has 0 radical (unpaired) electrons. The van der Waals surface area contributed by atoms with Crippen molar-refractivity contribution >= 4 is 17.2 Å². The Morgan fingerprint density at radius 1 is 1.57 bits per heavy atom. The third kappa shape index (κ3) is 3.29. The number of hydrogen-bond donors (Lipinski definition) is 2. The largest absolute Gasteiger partial charge is 0.366 e. The van der Waals surface area contributed by atoms with E-state index in [1.807, 2.05) is 23.7 Å². The molecule has 2 aromatic rings. The van der Waals surface area contributed by atoms with Gasteiger partial charge in [-0.1, -0.05) is 6.07 Å². The number of nitrogens with one attached hydrogen (secondary N) is 1.